The Balaban J connectivity index is 2.02. The molecular formula is C28H35FN2O4. The molecule has 6 nitrogen and oxygen atoms in total. The third-order valence-corrected chi connectivity index (χ3v) is 6.40. The maximum Gasteiger partial charge on any atom is 0.295 e. The Morgan fingerprint density at radius 1 is 1.06 bits per heavy atom. The summed E-state index contributed by atoms with van der Waals surface area (Å²) in [6, 6.07) is 11.8. The smallest absolute Gasteiger partial charge is 0.295 e. The molecule has 188 valence electrons. The molecule has 2 aromatic carbocycles. The zero-order valence-corrected chi connectivity index (χ0v) is 20.8. The minimum Gasteiger partial charge on any atom is -0.507 e. The molecule has 1 N–H and O–H groups in total. The van der Waals surface area contributed by atoms with Crippen molar-refractivity contribution in [2.45, 2.75) is 46.1 Å². The second-order valence-electron chi connectivity index (χ2n) is 8.65. The van der Waals surface area contributed by atoms with Crippen molar-refractivity contribution in [3.8, 4) is 5.75 Å². The van der Waals surface area contributed by atoms with Gasteiger partial charge in [0.25, 0.3) is 11.7 Å². The number of rotatable bonds is 12. The van der Waals surface area contributed by atoms with Crippen molar-refractivity contribution in [2.75, 3.05) is 32.8 Å². The number of carbonyl (C=O) groups excluding carboxylic acids is 2. The van der Waals surface area contributed by atoms with E-state index in [4.69, 9.17) is 4.74 Å². The molecule has 7 heteroatoms. The zero-order chi connectivity index (χ0) is 25.4. The number of hydrogen-bond acceptors (Lipinski definition) is 5. The van der Waals surface area contributed by atoms with Crippen molar-refractivity contribution in [2.24, 2.45) is 0 Å². The van der Waals surface area contributed by atoms with Crippen LogP contribution in [0.5, 0.6) is 5.75 Å². The molecule has 0 aromatic heterocycles. The Hall–Kier alpha value is -3.19. The summed E-state index contributed by atoms with van der Waals surface area (Å²) in [5.74, 6) is -1.51. The molecule has 0 radical (unpaired) electrons. The van der Waals surface area contributed by atoms with E-state index >= 15 is 0 Å². The van der Waals surface area contributed by atoms with Gasteiger partial charge in [-0.25, -0.2) is 4.39 Å². The molecule has 1 aliphatic rings. The lowest BCUT2D eigenvalue weighted by Crippen LogP contribution is -2.38. The van der Waals surface area contributed by atoms with Crippen molar-refractivity contribution < 1.29 is 23.8 Å². The molecule has 1 fully saturated rings. The summed E-state index contributed by atoms with van der Waals surface area (Å²) in [4.78, 5) is 30.0. The number of benzene rings is 2. The molecule has 0 aliphatic carbocycles. The number of aliphatic hydroxyl groups is 1. The number of Topliss-reactive ketones (excluding diaryl/α,β-unsaturated/α-hetero) is 1. The van der Waals surface area contributed by atoms with Crippen LogP contribution in [-0.4, -0.2) is 59.4 Å². The van der Waals surface area contributed by atoms with Crippen LogP contribution in [0.3, 0.4) is 0 Å². The van der Waals surface area contributed by atoms with E-state index < -0.39 is 23.5 Å². The van der Waals surface area contributed by atoms with Crippen molar-refractivity contribution >= 4 is 17.4 Å². The quantitative estimate of drug-likeness (QED) is 0.196. The molecule has 35 heavy (non-hydrogen) atoms. The van der Waals surface area contributed by atoms with E-state index in [0.29, 0.717) is 31.0 Å². The molecule has 1 amide bonds. The van der Waals surface area contributed by atoms with Crippen LogP contribution in [0.2, 0.25) is 0 Å². The van der Waals surface area contributed by atoms with Crippen LogP contribution in [0.25, 0.3) is 5.76 Å². The lowest BCUT2D eigenvalue weighted by molar-refractivity contribution is -0.140. The topological polar surface area (TPSA) is 70.1 Å². The fourth-order valence-corrected chi connectivity index (χ4v) is 4.33. The molecule has 0 bridgehead atoms. The SMILES string of the molecule is CCCCCOc1cccc(C2/C(=C(\O)c3ccc(F)cc3)C(=O)C(=O)N2CCN(CC)CC)c1. The van der Waals surface area contributed by atoms with Gasteiger partial charge in [-0.2, -0.15) is 0 Å². The molecule has 0 spiro atoms. The van der Waals surface area contributed by atoms with Gasteiger partial charge in [0.1, 0.15) is 17.3 Å². The third-order valence-electron chi connectivity index (χ3n) is 6.40. The number of halogens is 1. The monoisotopic (exact) mass is 482 g/mol. The number of carbonyl (C=O) groups is 2. The maximum absolute atomic E-state index is 13.5. The van der Waals surface area contributed by atoms with E-state index in [1.54, 1.807) is 0 Å². The Morgan fingerprint density at radius 2 is 1.77 bits per heavy atom. The van der Waals surface area contributed by atoms with Crippen LogP contribution in [0.4, 0.5) is 4.39 Å². The van der Waals surface area contributed by atoms with Crippen LogP contribution < -0.4 is 4.74 Å². The Bertz CT molecular complexity index is 1050. The van der Waals surface area contributed by atoms with E-state index in [-0.39, 0.29) is 16.9 Å². The second-order valence-corrected chi connectivity index (χ2v) is 8.65. The van der Waals surface area contributed by atoms with Gasteiger partial charge < -0.3 is 19.6 Å². The fraction of sp³-hybridized carbons (Fsp3) is 0.429. The molecule has 1 saturated heterocycles. The highest BCUT2D eigenvalue weighted by Gasteiger charge is 2.46. The van der Waals surface area contributed by atoms with E-state index in [0.717, 1.165) is 32.4 Å². The second kappa shape index (κ2) is 12.5. The van der Waals surface area contributed by atoms with Crippen LogP contribution in [0.1, 0.15) is 57.2 Å². The van der Waals surface area contributed by atoms with Gasteiger partial charge in [0.05, 0.1) is 18.2 Å². The molecule has 2 aromatic rings. The first kappa shape index (κ1) is 26.4. The zero-order valence-electron chi connectivity index (χ0n) is 20.8. The first-order valence-corrected chi connectivity index (χ1v) is 12.4. The van der Waals surface area contributed by atoms with Gasteiger partial charge in [0.15, 0.2) is 0 Å². The normalized spacial score (nSPS) is 17.4. The molecular weight excluding hydrogens is 447 g/mol. The number of unbranched alkanes of at least 4 members (excludes halogenated alkanes) is 2. The predicted molar refractivity (Wildman–Crippen MR) is 135 cm³/mol. The highest BCUT2D eigenvalue weighted by atomic mass is 19.1. The molecule has 1 atom stereocenters. The lowest BCUT2D eigenvalue weighted by atomic mass is 9.95. The minimum absolute atomic E-state index is 0.00397. The predicted octanol–water partition coefficient (Wildman–Crippen LogP) is 5.16. The summed E-state index contributed by atoms with van der Waals surface area (Å²) in [6.07, 6.45) is 3.10. The van der Waals surface area contributed by atoms with Gasteiger partial charge in [-0.15, -0.1) is 0 Å². The van der Waals surface area contributed by atoms with Gasteiger partial charge in [0.2, 0.25) is 0 Å². The van der Waals surface area contributed by atoms with Gasteiger partial charge in [0, 0.05) is 18.7 Å². The molecule has 3 rings (SSSR count). The van der Waals surface area contributed by atoms with Crippen molar-refractivity contribution in [3.05, 3.63) is 71.0 Å². The first-order valence-electron chi connectivity index (χ1n) is 12.4. The van der Waals surface area contributed by atoms with Crippen molar-refractivity contribution in [1.29, 1.82) is 0 Å². The summed E-state index contributed by atoms with van der Waals surface area (Å²) in [5.41, 5.74) is 0.967. The molecule has 1 heterocycles. The fourth-order valence-electron chi connectivity index (χ4n) is 4.33. The Labute approximate surface area is 207 Å². The Morgan fingerprint density at radius 3 is 2.43 bits per heavy atom. The Kier molecular flexibility index (Phi) is 9.43. The average molecular weight is 483 g/mol. The number of likely N-dealkylation sites (tertiary alicyclic amines) is 1. The van der Waals surface area contributed by atoms with E-state index in [1.807, 2.05) is 38.1 Å². The number of likely N-dealkylation sites (N-methyl/N-ethyl adjacent to an activating group) is 1. The number of ether oxygens (including phenoxy) is 1. The summed E-state index contributed by atoms with van der Waals surface area (Å²) in [6.45, 7) is 9.37. The number of hydrogen-bond donors (Lipinski definition) is 1. The number of aliphatic hydroxyl groups excluding tert-OH is 1. The van der Waals surface area contributed by atoms with Crippen molar-refractivity contribution in [3.63, 3.8) is 0 Å². The molecule has 1 aliphatic heterocycles. The van der Waals surface area contributed by atoms with Crippen LogP contribution in [0.15, 0.2) is 54.1 Å². The molecule has 1 unspecified atom stereocenters. The van der Waals surface area contributed by atoms with Crippen LogP contribution in [0, 0.1) is 5.82 Å². The third kappa shape index (κ3) is 6.28. The van der Waals surface area contributed by atoms with Crippen molar-refractivity contribution in [1.82, 2.24) is 9.80 Å². The number of ketones is 1. The van der Waals surface area contributed by atoms with Gasteiger partial charge >= 0.3 is 0 Å². The van der Waals surface area contributed by atoms with E-state index in [1.165, 1.54) is 29.2 Å². The van der Waals surface area contributed by atoms with Gasteiger partial charge in [-0.1, -0.05) is 45.7 Å². The minimum atomic E-state index is -0.769. The lowest BCUT2D eigenvalue weighted by Gasteiger charge is -2.28. The maximum atomic E-state index is 13.5. The van der Waals surface area contributed by atoms with E-state index in [9.17, 15) is 19.1 Å². The summed E-state index contributed by atoms with van der Waals surface area (Å²) >= 11 is 0. The van der Waals surface area contributed by atoms with E-state index in [2.05, 4.69) is 11.8 Å². The van der Waals surface area contributed by atoms with Crippen LogP contribution in [-0.2, 0) is 9.59 Å². The standard InChI is InChI=1S/C28H35FN2O4/c1-4-7-8-18-35-23-11-9-10-21(19-23)25-24(26(32)20-12-14-22(29)15-13-20)27(33)28(34)31(25)17-16-30(5-2)6-3/h9-15,19,25,32H,4-8,16-18H2,1-3H3/b26-24+. The highest BCUT2D eigenvalue weighted by molar-refractivity contribution is 6.46. The highest BCUT2D eigenvalue weighted by Crippen LogP contribution is 2.40. The van der Waals surface area contributed by atoms with Gasteiger partial charge in [-0.3, -0.25) is 9.59 Å². The first-order chi connectivity index (χ1) is 16.9. The summed E-state index contributed by atoms with van der Waals surface area (Å²) in [7, 11) is 0. The van der Waals surface area contributed by atoms with Crippen LogP contribution >= 0.6 is 0 Å². The van der Waals surface area contributed by atoms with Gasteiger partial charge in [-0.05, 0) is 61.5 Å². The summed E-state index contributed by atoms with van der Waals surface area (Å²) < 4.78 is 19.4. The molecule has 0 saturated carbocycles. The summed E-state index contributed by atoms with van der Waals surface area (Å²) in [5, 5.41) is 11.1. The number of amides is 1. The largest absolute Gasteiger partial charge is 0.507 e. The average Bonchev–Trinajstić information content (AvgIpc) is 3.12. The number of nitrogens with zero attached hydrogens (tertiary/aromatic N) is 2.